The van der Waals surface area contributed by atoms with Crippen LogP contribution < -0.4 is 5.32 Å². The Morgan fingerprint density at radius 1 is 1.35 bits per heavy atom. The van der Waals surface area contributed by atoms with E-state index in [0.29, 0.717) is 41.8 Å². The van der Waals surface area contributed by atoms with E-state index >= 15 is 0 Å². The summed E-state index contributed by atoms with van der Waals surface area (Å²) in [6, 6.07) is 3.42. The summed E-state index contributed by atoms with van der Waals surface area (Å²) in [5.41, 5.74) is 0.799. The third-order valence-electron chi connectivity index (χ3n) is 5.04. The number of halogens is 2. The normalized spacial score (nSPS) is 29.2. The minimum Gasteiger partial charge on any atom is -0.368 e. The Morgan fingerprint density at radius 3 is 2.87 bits per heavy atom. The highest BCUT2D eigenvalue weighted by atomic mass is 35.5. The standard InChI is InChI=1S/C16H16Cl2N2O3/c17-10-6-9-12(7-11(10)18)19-15(22)16(9)3-4-20(8-16)14(21)13-2-1-5-23-13/h6-7,13H,1-5,8H2,(H,19,22)/t13-,16-/m1/s1. The number of carbonyl (C=O) groups excluding carboxylic acids is 2. The largest absolute Gasteiger partial charge is 0.368 e. The van der Waals surface area contributed by atoms with Crippen LogP contribution in [0.3, 0.4) is 0 Å². The lowest BCUT2D eigenvalue weighted by Crippen LogP contribution is -2.42. The number of amides is 2. The topological polar surface area (TPSA) is 58.6 Å². The van der Waals surface area contributed by atoms with Gasteiger partial charge in [0.2, 0.25) is 5.91 Å². The van der Waals surface area contributed by atoms with Crippen molar-refractivity contribution in [2.45, 2.75) is 30.8 Å². The molecule has 3 aliphatic heterocycles. The Balaban J connectivity index is 1.64. The minimum absolute atomic E-state index is 0.0133. The van der Waals surface area contributed by atoms with Crippen LogP contribution in [0, 0.1) is 0 Å². The second-order valence-corrected chi connectivity index (χ2v) is 7.17. The molecule has 7 heteroatoms. The quantitative estimate of drug-likeness (QED) is 0.843. The molecule has 1 aromatic carbocycles. The molecule has 5 nitrogen and oxygen atoms in total. The van der Waals surface area contributed by atoms with Gasteiger partial charge < -0.3 is 15.0 Å². The Morgan fingerprint density at radius 2 is 2.13 bits per heavy atom. The monoisotopic (exact) mass is 354 g/mol. The number of likely N-dealkylation sites (tertiary alicyclic amines) is 1. The van der Waals surface area contributed by atoms with E-state index < -0.39 is 5.41 Å². The third-order valence-corrected chi connectivity index (χ3v) is 5.77. The second kappa shape index (κ2) is 5.36. The predicted molar refractivity (Wildman–Crippen MR) is 86.9 cm³/mol. The van der Waals surface area contributed by atoms with Gasteiger partial charge in [-0.15, -0.1) is 0 Å². The van der Waals surface area contributed by atoms with Crippen molar-refractivity contribution in [2.24, 2.45) is 0 Å². The zero-order valence-electron chi connectivity index (χ0n) is 12.4. The van der Waals surface area contributed by atoms with Crippen molar-refractivity contribution in [3.63, 3.8) is 0 Å². The van der Waals surface area contributed by atoms with Gasteiger partial charge in [-0.25, -0.2) is 0 Å². The molecule has 3 heterocycles. The maximum absolute atomic E-state index is 12.6. The Bertz CT molecular complexity index is 703. The highest BCUT2D eigenvalue weighted by Crippen LogP contribution is 2.47. The molecule has 3 aliphatic rings. The fraction of sp³-hybridized carbons (Fsp3) is 0.500. The molecule has 0 radical (unpaired) electrons. The van der Waals surface area contributed by atoms with Crippen LogP contribution in [-0.2, 0) is 19.7 Å². The molecule has 4 rings (SSSR count). The van der Waals surface area contributed by atoms with Crippen molar-refractivity contribution in [2.75, 3.05) is 25.0 Å². The van der Waals surface area contributed by atoms with Crippen LogP contribution in [0.1, 0.15) is 24.8 Å². The van der Waals surface area contributed by atoms with E-state index in [1.165, 1.54) is 0 Å². The summed E-state index contributed by atoms with van der Waals surface area (Å²) in [5, 5.41) is 3.71. The molecule has 2 saturated heterocycles. The summed E-state index contributed by atoms with van der Waals surface area (Å²) in [6.07, 6.45) is 1.89. The molecule has 1 N–H and O–H groups in total. The highest BCUT2D eigenvalue weighted by Gasteiger charge is 2.53. The van der Waals surface area contributed by atoms with E-state index in [1.807, 2.05) is 0 Å². The van der Waals surface area contributed by atoms with Gasteiger partial charge in [-0.2, -0.15) is 0 Å². The van der Waals surface area contributed by atoms with Gasteiger partial charge in [0.25, 0.3) is 5.91 Å². The number of hydrogen-bond donors (Lipinski definition) is 1. The molecule has 2 atom stereocenters. The molecule has 23 heavy (non-hydrogen) atoms. The van der Waals surface area contributed by atoms with Gasteiger partial charge in [-0.1, -0.05) is 23.2 Å². The summed E-state index contributed by atoms with van der Waals surface area (Å²) in [6.45, 7) is 1.54. The van der Waals surface area contributed by atoms with E-state index in [2.05, 4.69) is 5.32 Å². The van der Waals surface area contributed by atoms with Gasteiger partial charge in [0.1, 0.15) is 6.10 Å². The van der Waals surface area contributed by atoms with E-state index in [1.54, 1.807) is 17.0 Å². The Hall–Kier alpha value is -1.30. The lowest BCUT2D eigenvalue weighted by atomic mass is 9.81. The molecule has 2 fully saturated rings. The summed E-state index contributed by atoms with van der Waals surface area (Å²) >= 11 is 12.2. The van der Waals surface area contributed by atoms with Gasteiger partial charge in [0, 0.05) is 25.4 Å². The summed E-state index contributed by atoms with van der Waals surface area (Å²) in [7, 11) is 0. The van der Waals surface area contributed by atoms with Crippen LogP contribution in [0.15, 0.2) is 12.1 Å². The molecule has 0 saturated carbocycles. The number of carbonyl (C=O) groups is 2. The minimum atomic E-state index is -0.724. The molecular formula is C16H16Cl2N2O3. The maximum atomic E-state index is 12.6. The summed E-state index contributed by atoms with van der Waals surface area (Å²) < 4.78 is 5.48. The van der Waals surface area contributed by atoms with Gasteiger partial charge >= 0.3 is 0 Å². The van der Waals surface area contributed by atoms with Crippen LogP contribution in [-0.4, -0.2) is 42.5 Å². The first-order valence-corrected chi connectivity index (χ1v) is 8.48. The zero-order chi connectivity index (χ0) is 16.2. The number of fused-ring (bicyclic) bond motifs is 2. The summed E-state index contributed by atoms with van der Waals surface area (Å²) in [4.78, 5) is 26.9. The Labute approximate surface area is 143 Å². The van der Waals surface area contributed by atoms with E-state index in [-0.39, 0.29) is 17.9 Å². The number of benzene rings is 1. The fourth-order valence-corrected chi connectivity index (χ4v) is 4.12. The average molecular weight is 355 g/mol. The number of rotatable bonds is 1. The van der Waals surface area contributed by atoms with Gasteiger partial charge in [-0.05, 0) is 37.0 Å². The smallest absolute Gasteiger partial charge is 0.251 e. The highest BCUT2D eigenvalue weighted by molar-refractivity contribution is 6.42. The molecule has 0 bridgehead atoms. The number of nitrogens with zero attached hydrogens (tertiary/aromatic N) is 1. The first-order chi connectivity index (χ1) is 11.0. The number of anilines is 1. The molecule has 2 amide bonds. The van der Waals surface area contributed by atoms with Crippen LogP contribution in [0.25, 0.3) is 0 Å². The average Bonchev–Trinajstić information content (AvgIpc) is 3.23. The first kappa shape index (κ1) is 15.2. The van der Waals surface area contributed by atoms with Crippen LogP contribution in [0.2, 0.25) is 10.0 Å². The lowest BCUT2D eigenvalue weighted by molar-refractivity contribution is -0.140. The van der Waals surface area contributed by atoms with Crippen molar-refractivity contribution in [1.82, 2.24) is 4.90 Å². The van der Waals surface area contributed by atoms with Crippen molar-refractivity contribution in [3.05, 3.63) is 27.7 Å². The molecular weight excluding hydrogens is 339 g/mol. The molecule has 122 valence electrons. The number of hydrogen-bond acceptors (Lipinski definition) is 3. The van der Waals surface area contributed by atoms with Crippen molar-refractivity contribution >= 4 is 40.7 Å². The van der Waals surface area contributed by atoms with Crippen LogP contribution in [0.5, 0.6) is 0 Å². The molecule has 0 aliphatic carbocycles. The van der Waals surface area contributed by atoms with Crippen molar-refractivity contribution in [1.29, 1.82) is 0 Å². The lowest BCUT2D eigenvalue weighted by Gasteiger charge is -2.24. The predicted octanol–water partition coefficient (Wildman–Crippen LogP) is 2.59. The zero-order valence-corrected chi connectivity index (χ0v) is 13.9. The molecule has 1 aromatic rings. The second-order valence-electron chi connectivity index (χ2n) is 6.36. The van der Waals surface area contributed by atoms with Gasteiger partial charge in [-0.3, -0.25) is 9.59 Å². The molecule has 0 aromatic heterocycles. The van der Waals surface area contributed by atoms with Crippen molar-refractivity contribution < 1.29 is 14.3 Å². The van der Waals surface area contributed by atoms with E-state index in [0.717, 1.165) is 18.4 Å². The maximum Gasteiger partial charge on any atom is 0.251 e. The third kappa shape index (κ3) is 2.25. The van der Waals surface area contributed by atoms with Crippen LogP contribution >= 0.6 is 23.2 Å². The van der Waals surface area contributed by atoms with Crippen LogP contribution in [0.4, 0.5) is 5.69 Å². The van der Waals surface area contributed by atoms with Gasteiger partial charge in [0.05, 0.1) is 15.5 Å². The summed E-state index contributed by atoms with van der Waals surface area (Å²) in [5.74, 6) is -0.103. The van der Waals surface area contributed by atoms with E-state index in [9.17, 15) is 9.59 Å². The van der Waals surface area contributed by atoms with E-state index in [4.69, 9.17) is 27.9 Å². The Kier molecular flexibility index (Phi) is 3.55. The number of ether oxygens (including phenoxy) is 1. The SMILES string of the molecule is O=C([C@H]1CCCO1)N1CC[C@]2(C1)C(=O)Nc1cc(Cl)c(Cl)cc12. The molecule has 0 unspecified atom stereocenters. The fourth-order valence-electron chi connectivity index (χ4n) is 3.79. The number of nitrogens with one attached hydrogen (secondary N) is 1. The van der Waals surface area contributed by atoms with Crippen molar-refractivity contribution in [3.8, 4) is 0 Å². The van der Waals surface area contributed by atoms with Gasteiger partial charge in [0.15, 0.2) is 0 Å². The first-order valence-electron chi connectivity index (χ1n) is 7.73. The molecule has 1 spiro atoms.